The van der Waals surface area contributed by atoms with E-state index in [2.05, 4.69) is 0 Å². The average molecular weight is 223 g/mol. The number of rotatable bonds is 1. The van der Waals surface area contributed by atoms with Crippen molar-refractivity contribution in [2.45, 2.75) is 26.7 Å². The molecule has 0 aliphatic carbocycles. The fourth-order valence-corrected chi connectivity index (χ4v) is 1.71. The lowest BCUT2D eigenvalue weighted by atomic mass is 10.00. The van der Waals surface area contributed by atoms with Gasteiger partial charge in [0.2, 0.25) is 0 Å². The largest absolute Gasteiger partial charge is 0.205 e. The first-order valence-corrected chi connectivity index (χ1v) is 4.58. The summed E-state index contributed by atoms with van der Waals surface area (Å²) in [4.78, 5) is 0. The minimum absolute atomic E-state index is 0.104. The van der Waals surface area contributed by atoms with Crippen molar-refractivity contribution in [1.82, 2.24) is 0 Å². The Morgan fingerprint density at radius 3 is 1.93 bits per heavy atom. The zero-order valence-corrected chi connectivity index (χ0v) is 8.85. The van der Waals surface area contributed by atoms with Crippen LogP contribution in [-0.4, -0.2) is 0 Å². The molecule has 0 saturated heterocycles. The number of halogens is 4. The molecule has 1 rings (SSSR count). The van der Waals surface area contributed by atoms with Crippen LogP contribution in [0.15, 0.2) is 0 Å². The maximum absolute atomic E-state index is 13.3. The molecule has 0 unspecified atom stereocenters. The van der Waals surface area contributed by atoms with Gasteiger partial charge in [-0.05, 0) is 12.8 Å². The molecule has 1 aromatic carbocycles. The zero-order chi connectivity index (χ0) is 11.0. The number of benzene rings is 1. The summed E-state index contributed by atoms with van der Waals surface area (Å²) >= 11 is 5.59. The second-order valence-corrected chi connectivity index (χ2v) is 3.83. The van der Waals surface area contributed by atoms with Crippen LogP contribution >= 0.6 is 11.6 Å². The summed E-state index contributed by atoms with van der Waals surface area (Å²) in [6.07, 6.45) is 0. The van der Waals surface area contributed by atoms with Crippen LogP contribution < -0.4 is 0 Å². The molecular weight excluding hydrogens is 213 g/mol. The van der Waals surface area contributed by atoms with E-state index in [1.165, 1.54) is 0 Å². The molecule has 0 amide bonds. The van der Waals surface area contributed by atoms with Crippen LogP contribution in [-0.2, 0) is 0 Å². The fourth-order valence-electron chi connectivity index (χ4n) is 1.27. The molecule has 0 aliphatic rings. The second kappa shape index (κ2) is 3.81. The van der Waals surface area contributed by atoms with Crippen molar-refractivity contribution in [3.05, 3.63) is 33.6 Å². The Morgan fingerprint density at radius 2 is 1.50 bits per heavy atom. The molecule has 0 nitrogen and oxygen atoms in total. The second-order valence-electron chi connectivity index (χ2n) is 3.45. The van der Waals surface area contributed by atoms with E-state index in [4.69, 9.17) is 11.6 Å². The monoisotopic (exact) mass is 222 g/mol. The molecule has 0 aromatic heterocycles. The van der Waals surface area contributed by atoms with E-state index in [0.717, 1.165) is 6.92 Å². The maximum atomic E-state index is 13.3. The van der Waals surface area contributed by atoms with Crippen LogP contribution in [0.1, 0.15) is 30.9 Å². The highest BCUT2D eigenvalue weighted by molar-refractivity contribution is 6.31. The Morgan fingerprint density at radius 1 is 1.00 bits per heavy atom. The van der Waals surface area contributed by atoms with Gasteiger partial charge in [0.25, 0.3) is 0 Å². The first kappa shape index (κ1) is 11.4. The van der Waals surface area contributed by atoms with Gasteiger partial charge >= 0.3 is 0 Å². The molecule has 1 aromatic rings. The van der Waals surface area contributed by atoms with Gasteiger partial charge in [-0.2, -0.15) is 0 Å². The summed E-state index contributed by atoms with van der Waals surface area (Å²) in [6.45, 7) is 4.40. The lowest BCUT2D eigenvalue weighted by Crippen LogP contribution is -2.04. The van der Waals surface area contributed by atoms with Crippen molar-refractivity contribution in [3.8, 4) is 0 Å². The smallest absolute Gasteiger partial charge is 0.165 e. The summed E-state index contributed by atoms with van der Waals surface area (Å²) < 4.78 is 39.7. The van der Waals surface area contributed by atoms with Gasteiger partial charge in [0.15, 0.2) is 11.6 Å². The molecule has 78 valence electrons. The third-order valence-corrected chi connectivity index (χ3v) is 2.46. The molecule has 4 heteroatoms. The van der Waals surface area contributed by atoms with Gasteiger partial charge in [-0.3, -0.25) is 0 Å². The van der Waals surface area contributed by atoms with Crippen LogP contribution in [0, 0.1) is 24.4 Å². The summed E-state index contributed by atoms with van der Waals surface area (Å²) in [6, 6.07) is 0. The van der Waals surface area contributed by atoms with E-state index in [1.54, 1.807) is 13.8 Å². The lowest BCUT2D eigenvalue weighted by Gasteiger charge is -2.12. The van der Waals surface area contributed by atoms with Crippen molar-refractivity contribution < 1.29 is 13.2 Å². The standard InChI is InChI=1S/C10H10ClF3/c1-4(2)6-7(11)8(12)5(3)9(13)10(6)14/h4H,1-3H3. The quantitative estimate of drug-likeness (QED) is 0.625. The Bertz CT molecular complexity index is 343. The van der Waals surface area contributed by atoms with Gasteiger partial charge in [0.05, 0.1) is 5.02 Å². The van der Waals surface area contributed by atoms with Crippen molar-refractivity contribution in [2.75, 3.05) is 0 Å². The number of hydrogen-bond acceptors (Lipinski definition) is 0. The number of hydrogen-bond donors (Lipinski definition) is 0. The molecular formula is C10H10ClF3. The van der Waals surface area contributed by atoms with E-state index < -0.39 is 17.5 Å². The predicted molar refractivity (Wildman–Crippen MR) is 50.2 cm³/mol. The van der Waals surface area contributed by atoms with E-state index in [1.807, 2.05) is 0 Å². The molecule has 0 spiro atoms. The van der Waals surface area contributed by atoms with Gasteiger partial charge in [-0.15, -0.1) is 0 Å². The highest BCUT2D eigenvalue weighted by Crippen LogP contribution is 2.33. The van der Waals surface area contributed by atoms with Crippen LogP contribution in [0.4, 0.5) is 13.2 Å². The van der Waals surface area contributed by atoms with Crippen molar-refractivity contribution in [3.63, 3.8) is 0 Å². The Hall–Kier alpha value is -0.700. The van der Waals surface area contributed by atoms with Crippen molar-refractivity contribution >= 4 is 11.6 Å². The fraction of sp³-hybridized carbons (Fsp3) is 0.400. The molecule has 14 heavy (non-hydrogen) atoms. The summed E-state index contributed by atoms with van der Waals surface area (Å²) in [5.41, 5.74) is -0.482. The summed E-state index contributed by atoms with van der Waals surface area (Å²) in [7, 11) is 0. The Labute approximate surface area is 85.7 Å². The molecule has 0 heterocycles. The highest BCUT2D eigenvalue weighted by atomic mass is 35.5. The SMILES string of the molecule is Cc1c(F)c(F)c(C(C)C)c(Cl)c1F. The lowest BCUT2D eigenvalue weighted by molar-refractivity contribution is 0.472. The van der Waals surface area contributed by atoms with Gasteiger partial charge in [0.1, 0.15) is 5.82 Å². The topological polar surface area (TPSA) is 0 Å². The molecule has 0 aliphatic heterocycles. The van der Waals surface area contributed by atoms with Gasteiger partial charge in [-0.25, -0.2) is 13.2 Å². The molecule has 0 radical (unpaired) electrons. The van der Waals surface area contributed by atoms with E-state index in [0.29, 0.717) is 0 Å². The van der Waals surface area contributed by atoms with E-state index >= 15 is 0 Å². The van der Waals surface area contributed by atoms with E-state index in [-0.39, 0.29) is 22.1 Å². The molecule has 0 saturated carbocycles. The average Bonchev–Trinajstić information content (AvgIpc) is 2.11. The predicted octanol–water partition coefficient (Wildman–Crippen LogP) is 4.19. The third kappa shape index (κ3) is 1.61. The highest BCUT2D eigenvalue weighted by Gasteiger charge is 2.22. The normalized spacial score (nSPS) is 11.1. The van der Waals surface area contributed by atoms with Crippen LogP contribution in [0.5, 0.6) is 0 Å². The van der Waals surface area contributed by atoms with Gasteiger partial charge in [-0.1, -0.05) is 25.4 Å². The Kier molecular flexibility index (Phi) is 3.10. The van der Waals surface area contributed by atoms with Gasteiger partial charge in [0, 0.05) is 11.1 Å². The Balaban J connectivity index is 3.60. The van der Waals surface area contributed by atoms with Crippen LogP contribution in [0.25, 0.3) is 0 Å². The molecule has 0 N–H and O–H groups in total. The first-order valence-electron chi connectivity index (χ1n) is 4.20. The van der Waals surface area contributed by atoms with Gasteiger partial charge < -0.3 is 0 Å². The minimum atomic E-state index is -1.16. The van der Waals surface area contributed by atoms with Crippen LogP contribution in [0.2, 0.25) is 5.02 Å². The molecule has 0 fully saturated rings. The van der Waals surface area contributed by atoms with Crippen LogP contribution in [0.3, 0.4) is 0 Å². The van der Waals surface area contributed by atoms with Crippen molar-refractivity contribution in [2.24, 2.45) is 0 Å². The maximum Gasteiger partial charge on any atom is 0.165 e. The summed E-state index contributed by atoms with van der Waals surface area (Å²) in [5.74, 6) is -3.44. The van der Waals surface area contributed by atoms with Crippen molar-refractivity contribution in [1.29, 1.82) is 0 Å². The van der Waals surface area contributed by atoms with E-state index in [9.17, 15) is 13.2 Å². The minimum Gasteiger partial charge on any atom is -0.205 e. The first-order chi connectivity index (χ1) is 6.37. The zero-order valence-electron chi connectivity index (χ0n) is 8.09. The third-order valence-electron chi connectivity index (χ3n) is 2.09. The molecule has 0 bridgehead atoms. The molecule has 0 atom stereocenters. The summed E-state index contributed by atoms with van der Waals surface area (Å²) in [5, 5.41) is -0.323.